The molecule has 26 heavy (non-hydrogen) atoms. The van der Waals surface area contributed by atoms with E-state index in [-0.39, 0.29) is 42.9 Å². The van der Waals surface area contributed by atoms with E-state index >= 15 is 0 Å². The van der Waals surface area contributed by atoms with Gasteiger partial charge >= 0.3 is 0 Å². The summed E-state index contributed by atoms with van der Waals surface area (Å²) in [4.78, 5) is 23.6. The van der Waals surface area contributed by atoms with Gasteiger partial charge in [-0.1, -0.05) is 5.16 Å². The number of aryl methyl sites for hydroxylation is 1. The van der Waals surface area contributed by atoms with Gasteiger partial charge in [-0.05, 0) is 31.2 Å². The summed E-state index contributed by atoms with van der Waals surface area (Å²) < 4.78 is 31.1. The van der Waals surface area contributed by atoms with Gasteiger partial charge in [-0.25, -0.2) is 8.42 Å². The van der Waals surface area contributed by atoms with Crippen molar-refractivity contribution in [1.82, 2.24) is 20.1 Å². The number of piperazine rings is 1. The molecule has 10 heteroatoms. The topological polar surface area (TPSA) is 122 Å². The molecule has 0 aliphatic carbocycles. The van der Waals surface area contributed by atoms with E-state index in [0.29, 0.717) is 17.0 Å². The summed E-state index contributed by atoms with van der Waals surface area (Å²) in [6.45, 7) is 2.25. The van der Waals surface area contributed by atoms with Gasteiger partial charge in [0.05, 0.1) is 18.0 Å². The Labute approximate surface area is 150 Å². The van der Waals surface area contributed by atoms with Gasteiger partial charge in [0.25, 0.3) is 5.91 Å². The normalized spacial score (nSPS) is 15.5. The fourth-order valence-corrected chi connectivity index (χ4v) is 3.92. The Bertz CT molecular complexity index is 920. The van der Waals surface area contributed by atoms with E-state index in [4.69, 9.17) is 4.52 Å². The number of hydrogen-bond acceptors (Lipinski definition) is 6. The van der Waals surface area contributed by atoms with Crippen LogP contribution in [0.1, 0.15) is 21.8 Å². The van der Waals surface area contributed by atoms with Crippen molar-refractivity contribution in [2.24, 2.45) is 0 Å². The number of sulfonamides is 1. The first-order valence-corrected chi connectivity index (χ1v) is 9.37. The molecule has 1 aliphatic heterocycles. The molecule has 0 saturated carbocycles. The lowest BCUT2D eigenvalue weighted by Crippen LogP contribution is -2.49. The molecule has 3 rings (SSSR count). The number of nitrogens with one attached hydrogen (secondary N) is 2. The molecule has 2 amide bonds. The fraction of sp³-hybridized carbons (Fsp3) is 0.312. The third-order valence-electron chi connectivity index (χ3n) is 3.86. The number of amides is 2. The minimum absolute atomic E-state index is 0.0378. The van der Waals surface area contributed by atoms with Crippen molar-refractivity contribution in [3.63, 3.8) is 0 Å². The SMILES string of the molecule is Cc1cc(CNC(=O)c2ccc(S(=O)(=O)N3CCNC(=O)C3)cc2)no1. The molecular weight excluding hydrogens is 360 g/mol. The van der Waals surface area contributed by atoms with E-state index in [0.717, 1.165) is 4.31 Å². The molecule has 1 fully saturated rings. The zero-order valence-electron chi connectivity index (χ0n) is 14.1. The van der Waals surface area contributed by atoms with Crippen molar-refractivity contribution in [2.45, 2.75) is 18.4 Å². The maximum Gasteiger partial charge on any atom is 0.251 e. The van der Waals surface area contributed by atoms with Crippen molar-refractivity contribution in [3.05, 3.63) is 47.3 Å². The number of aromatic nitrogens is 1. The monoisotopic (exact) mass is 378 g/mol. The van der Waals surface area contributed by atoms with Crippen LogP contribution in [0.2, 0.25) is 0 Å². The van der Waals surface area contributed by atoms with Crippen LogP contribution in [0.5, 0.6) is 0 Å². The van der Waals surface area contributed by atoms with Crippen LogP contribution in [-0.4, -0.2) is 49.3 Å². The Morgan fingerprint density at radius 1 is 1.35 bits per heavy atom. The summed E-state index contributed by atoms with van der Waals surface area (Å²) >= 11 is 0. The Morgan fingerprint density at radius 2 is 2.08 bits per heavy atom. The first-order valence-electron chi connectivity index (χ1n) is 7.93. The average molecular weight is 378 g/mol. The predicted octanol–water partition coefficient (Wildman–Crippen LogP) is 0.0335. The minimum atomic E-state index is -3.77. The standard InChI is InChI=1S/C16H18N4O5S/c1-11-8-13(19-25-11)9-18-16(22)12-2-4-14(5-3-12)26(23,24)20-7-6-17-15(21)10-20/h2-5,8H,6-7,9-10H2,1H3,(H,17,21)(H,18,22). The van der Waals surface area contributed by atoms with Crippen LogP contribution in [0.3, 0.4) is 0 Å². The Morgan fingerprint density at radius 3 is 2.69 bits per heavy atom. The van der Waals surface area contributed by atoms with Gasteiger partial charge in [0.2, 0.25) is 15.9 Å². The summed E-state index contributed by atoms with van der Waals surface area (Å²) in [7, 11) is -3.77. The molecule has 0 bridgehead atoms. The first kappa shape index (κ1) is 18.1. The van der Waals surface area contributed by atoms with Crippen molar-refractivity contribution in [1.29, 1.82) is 0 Å². The third-order valence-corrected chi connectivity index (χ3v) is 5.72. The lowest BCUT2D eigenvalue weighted by atomic mass is 10.2. The zero-order chi connectivity index (χ0) is 18.7. The number of benzene rings is 1. The van der Waals surface area contributed by atoms with Gasteiger partial charge in [0, 0.05) is 24.7 Å². The van der Waals surface area contributed by atoms with Crippen molar-refractivity contribution < 1.29 is 22.5 Å². The molecule has 1 aromatic heterocycles. The number of nitrogens with zero attached hydrogens (tertiary/aromatic N) is 2. The van der Waals surface area contributed by atoms with E-state index in [2.05, 4.69) is 15.8 Å². The second-order valence-corrected chi connectivity index (χ2v) is 7.76. The van der Waals surface area contributed by atoms with Crippen molar-refractivity contribution in [3.8, 4) is 0 Å². The summed E-state index contributed by atoms with van der Waals surface area (Å²) in [6, 6.07) is 7.29. The molecule has 0 unspecified atom stereocenters. The number of rotatable bonds is 5. The lowest BCUT2D eigenvalue weighted by molar-refractivity contribution is -0.122. The van der Waals surface area contributed by atoms with Crippen LogP contribution >= 0.6 is 0 Å². The molecule has 2 N–H and O–H groups in total. The molecule has 0 radical (unpaired) electrons. The summed E-state index contributed by atoms with van der Waals surface area (Å²) in [6.07, 6.45) is 0. The molecule has 1 aromatic carbocycles. The molecule has 2 aromatic rings. The van der Waals surface area contributed by atoms with E-state index in [1.165, 1.54) is 24.3 Å². The largest absolute Gasteiger partial charge is 0.361 e. The second-order valence-electron chi connectivity index (χ2n) is 5.82. The van der Waals surface area contributed by atoms with E-state index in [9.17, 15) is 18.0 Å². The number of carbonyl (C=O) groups is 2. The van der Waals surface area contributed by atoms with Gasteiger partial charge in [-0.3, -0.25) is 9.59 Å². The van der Waals surface area contributed by atoms with E-state index in [1.54, 1.807) is 13.0 Å². The van der Waals surface area contributed by atoms with Gasteiger partial charge in [-0.15, -0.1) is 0 Å². The predicted molar refractivity (Wildman–Crippen MR) is 90.6 cm³/mol. The molecule has 2 heterocycles. The maximum atomic E-state index is 12.6. The van der Waals surface area contributed by atoms with Crippen molar-refractivity contribution in [2.75, 3.05) is 19.6 Å². The highest BCUT2D eigenvalue weighted by Crippen LogP contribution is 2.17. The van der Waals surface area contributed by atoms with Gasteiger partial charge in [0.15, 0.2) is 0 Å². The van der Waals surface area contributed by atoms with Gasteiger partial charge < -0.3 is 15.2 Å². The van der Waals surface area contributed by atoms with Gasteiger partial charge in [-0.2, -0.15) is 4.31 Å². The summed E-state index contributed by atoms with van der Waals surface area (Å²) in [5.41, 5.74) is 0.916. The van der Waals surface area contributed by atoms with Crippen LogP contribution in [0, 0.1) is 6.92 Å². The third kappa shape index (κ3) is 3.92. The second kappa shape index (κ2) is 7.26. The van der Waals surface area contributed by atoms with Gasteiger partial charge in [0.1, 0.15) is 11.5 Å². The number of hydrogen-bond donors (Lipinski definition) is 2. The van der Waals surface area contributed by atoms with Crippen LogP contribution in [0.15, 0.2) is 39.8 Å². The van der Waals surface area contributed by atoms with Crippen LogP contribution in [0.25, 0.3) is 0 Å². The minimum Gasteiger partial charge on any atom is -0.361 e. The maximum absolute atomic E-state index is 12.6. The summed E-state index contributed by atoms with van der Waals surface area (Å²) in [5, 5.41) is 9.04. The highest BCUT2D eigenvalue weighted by atomic mass is 32.2. The van der Waals surface area contributed by atoms with Crippen molar-refractivity contribution >= 4 is 21.8 Å². The Balaban J connectivity index is 1.67. The highest BCUT2D eigenvalue weighted by molar-refractivity contribution is 7.89. The summed E-state index contributed by atoms with van der Waals surface area (Å²) in [5.74, 6) is -0.0407. The smallest absolute Gasteiger partial charge is 0.251 e. The zero-order valence-corrected chi connectivity index (χ0v) is 14.9. The number of carbonyl (C=O) groups excluding carboxylic acids is 2. The average Bonchev–Trinajstić information content (AvgIpc) is 3.05. The fourth-order valence-electron chi connectivity index (χ4n) is 2.52. The molecule has 1 aliphatic rings. The van der Waals surface area contributed by atoms with E-state index < -0.39 is 10.0 Å². The molecule has 0 atom stereocenters. The molecular formula is C16H18N4O5S. The first-order chi connectivity index (χ1) is 12.4. The molecule has 0 spiro atoms. The Kier molecular flexibility index (Phi) is 5.05. The quantitative estimate of drug-likeness (QED) is 0.757. The van der Waals surface area contributed by atoms with Crippen LogP contribution in [-0.2, 0) is 21.4 Å². The molecule has 138 valence electrons. The lowest BCUT2D eigenvalue weighted by Gasteiger charge is -2.25. The van der Waals surface area contributed by atoms with E-state index in [1.807, 2.05) is 0 Å². The van der Waals surface area contributed by atoms with Crippen LogP contribution < -0.4 is 10.6 Å². The molecule has 1 saturated heterocycles. The Hall–Kier alpha value is -2.72. The molecule has 9 nitrogen and oxygen atoms in total. The van der Waals surface area contributed by atoms with Crippen LogP contribution in [0.4, 0.5) is 0 Å². The highest BCUT2D eigenvalue weighted by Gasteiger charge is 2.29.